The zero-order valence-electron chi connectivity index (χ0n) is 21.8. The Morgan fingerprint density at radius 3 is 2.45 bits per heavy atom. The van der Waals surface area contributed by atoms with E-state index in [-0.39, 0.29) is 23.8 Å². The Hall–Kier alpha value is -4.04. The summed E-state index contributed by atoms with van der Waals surface area (Å²) in [5.41, 5.74) is 7.61. The van der Waals surface area contributed by atoms with Gasteiger partial charge in [0.15, 0.2) is 5.11 Å². The van der Waals surface area contributed by atoms with Crippen LogP contribution in [0.5, 0.6) is 0 Å². The predicted octanol–water partition coefficient (Wildman–Crippen LogP) is 6.46. The predicted molar refractivity (Wildman–Crippen MR) is 153 cm³/mol. The zero-order chi connectivity index (χ0) is 27.0. The lowest BCUT2D eigenvalue weighted by molar-refractivity contribution is -0.115. The number of carbonyl (C=O) groups excluding carboxylic acids is 1. The average molecular weight is 528 g/mol. The highest BCUT2D eigenvalue weighted by molar-refractivity contribution is 7.80. The molecule has 1 amide bonds. The number of nitrogens with one attached hydrogen (secondary N) is 2. The molecule has 194 valence electrons. The summed E-state index contributed by atoms with van der Waals surface area (Å²) in [6.45, 7) is 7.94. The highest BCUT2D eigenvalue weighted by Gasteiger charge is 2.42. The van der Waals surface area contributed by atoms with Gasteiger partial charge in [-0.2, -0.15) is 0 Å². The van der Waals surface area contributed by atoms with Crippen molar-refractivity contribution in [2.24, 2.45) is 0 Å². The Labute approximate surface area is 227 Å². The average Bonchev–Trinajstić information content (AvgIpc) is 3.41. The van der Waals surface area contributed by atoms with Crippen molar-refractivity contribution >= 4 is 34.6 Å². The summed E-state index contributed by atoms with van der Waals surface area (Å²) < 4.78 is 15.8. The molecule has 1 fully saturated rings. The van der Waals surface area contributed by atoms with Crippen molar-refractivity contribution in [3.05, 3.63) is 107 Å². The fraction of sp³-hybridized carbons (Fsp3) is 0.233. The summed E-state index contributed by atoms with van der Waals surface area (Å²) in [7, 11) is 0. The topological polar surface area (TPSA) is 62.2 Å². The van der Waals surface area contributed by atoms with Crippen LogP contribution in [0.4, 0.5) is 15.8 Å². The van der Waals surface area contributed by atoms with E-state index in [1.165, 1.54) is 12.1 Å². The zero-order valence-corrected chi connectivity index (χ0v) is 22.6. The lowest BCUT2D eigenvalue weighted by Crippen LogP contribution is -2.29. The first-order valence-corrected chi connectivity index (χ1v) is 13.0. The summed E-state index contributed by atoms with van der Waals surface area (Å²) in [6, 6.07) is 20.2. The molecule has 0 saturated carbocycles. The lowest BCUT2D eigenvalue weighted by Gasteiger charge is -2.29. The van der Waals surface area contributed by atoms with Gasteiger partial charge in [0.25, 0.3) is 0 Å². The van der Waals surface area contributed by atoms with Crippen LogP contribution in [0.3, 0.4) is 0 Å². The third-order valence-electron chi connectivity index (χ3n) is 7.06. The van der Waals surface area contributed by atoms with Gasteiger partial charge >= 0.3 is 0 Å². The van der Waals surface area contributed by atoms with Crippen LogP contribution in [0.2, 0.25) is 0 Å². The molecule has 38 heavy (non-hydrogen) atoms. The van der Waals surface area contributed by atoms with Gasteiger partial charge in [-0.15, -0.1) is 0 Å². The molecule has 2 aromatic heterocycles. The smallest absolute Gasteiger partial charge is 0.224 e. The van der Waals surface area contributed by atoms with Crippen molar-refractivity contribution in [3.8, 4) is 5.69 Å². The Morgan fingerprint density at radius 2 is 1.79 bits per heavy atom. The van der Waals surface area contributed by atoms with Crippen LogP contribution in [0.1, 0.15) is 53.6 Å². The molecule has 3 heterocycles. The molecule has 2 aromatic carbocycles. The van der Waals surface area contributed by atoms with Crippen molar-refractivity contribution in [3.63, 3.8) is 0 Å². The highest BCUT2D eigenvalue weighted by atomic mass is 32.1. The van der Waals surface area contributed by atoms with Crippen LogP contribution in [0, 0.1) is 26.6 Å². The number of hydrogen-bond donors (Lipinski definition) is 2. The molecule has 0 bridgehead atoms. The molecule has 4 aromatic rings. The first-order valence-electron chi connectivity index (χ1n) is 12.6. The molecule has 6 nitrogen and oxygen atoms in total. The van der Waals surface area contributed by atoms with Crippen molar-refractivity contribution in [1.82, 2.24) is 14.9 Å². The Balaban J connectivity index is 1.63. The summed E-state index contributed by atoms with van der Waals surface area (Å²) in [4.78, 5) is 18.8. The van der Waals surface area contributed by atoms with Gasteiger partial charge in [-0.25, -0.2) is 4.39 Å². The number of aryl methyl sites for hydroxylation is 2. The van der Waals surface area contributed by atoms with E-state index < -0.39 is 0 Å². The maximum Gasteiger partial charge on any atom is 0.224 e. The molecular weight excluding hydrogens is 497 g/mol. The minimum atomic E-state index is -0.267. The first kappa shape index (κ1) is 25.6. The van der Waals surface area contributed by atoms with E-state index in [1.807, 2.05) is 50.2 Å². The molecule has 2 unspecified atom stereocenters. The number of rotatable bonds is 6. The van der Waals surface area contributed by atoms with E-state index in [0.717, 1.165) is 45.3 Å². The minimum Gasteiger partial charge on any atom is -0.351 e. The van der Waals surface area contributed by atoms with E-state index in [1.54, 1.807) is 18.3 Å². The van der Waals surface area contributed by atoms with E-state index in [9.17, 15) is 9.18 Å². The van der Waals surface area contributed by atoms with Gasteiger partial charge in [0.2, 0.25) is 5.91 Å². The van der Waals surface area contributed by atoms with E-state index >= 15 is 0 Å². The Bertz CT molecular complexity index is 1500. The summed E-state index contributed by atoms with van der Waals surface area (Å²) in [5.74, 6) is -0.294. The highest BCUT2D eigenvalue weighted by Crippen LogP contribution is 2.44. The van der Waals surface area contributed by atoms with Crippen LogP contribution < -0.4 is 15.5 Å². The van der Waals surface area contributed by atoms with Crippen LogP contribution in [0.15, 0.2) is 72.9 Å². The molecular formula is C30H30FN5OS. The molecule has 5 rings (SSSR count). The molecule has 2 N–H and O–H groups in total. The Morgan fingerprint density at radius 1 is 1.05 bits per heavy atom. The van der Waals surface area contributed by atoms with Gasteiger partial charge < -0.3 is 20.1 Å². The maximum absolute atomic E-state index is 13.7. The van der Waals surface area contributed by atoms with Gasteiger partial charge in [0.1, 0.15) is 5.82 Å². The van der Waals surface area contributed by atoms with Crippen molar-refractivity contribution < 1.29 is 9.18 Å². The second-order valence-electron chi connectivity index (χ2n) is 9.54. The minimum absolute atomic E-state index is 0.0273. The first-order chi connectivity index (χ1) is 18.3. The molecule has 0 spiro atoms. The van der Waals surface area contributed by atoms with E-state index in [2.05, 4.69) is 45.0 Å². The third kappa shape index (κ3) is 4.67. The fourth-order valence-corrected chi connectivity index (χ4v) is 5.55. The van der Waals surface area contributed by atoms with E-state index in [0.29, 0.717) is 11.5 Å². The second-order valence-corrected chi connectivity index (χ2v) is 9.92. The fourth-order valence-electron chi connectivity index (χ4n) is 5.20. The van der Waals surface area contributed by atoms with E-state index in [4.69, 9.17) is 12.2 Å². The molecule has 0 radical (unpaired) electrons. The normalized spacial score (nSPS) is 17.0. The summed E-state index contributed by atoms with van der Waals surface area (Å²) in [6.07, 6.45) is 2.20. The van der Waals surface area contributed by atoms with Crippen molar-refractivity contribution in [1.29, 1.82) is 0 Å². The van der Waals surface area contributed by atoms with Gasteiger partial charge in [-0.1, -0.05) is 13.0 Å². The van der Waals surface area contributed by atoms with Crippen LogP contribution in [0.25, 0.3) is 5.69 Å². The molecule has 0 aliphatic carbocycles. The van der Waals surface area contributed by atoms with Gasteiger partial charge in [0.05, 0.1) is 17.8 Å². The number of anilines is 2. The monoisotopic (exact) mass is 527 g/mol. The number of hydrogen-bond acceptors (Lipinski definition) is 3. The number of halogens is 1. The van der Waals surface area contributed by atoms with Crippen LogP contribution >= 0.6 is 12.2 Å². The molecule has 1 aliphatic heterocycles. The summed E-state index contributed by atoms with van der Waals surface area (Å²) in [5, 5.41) is 7.07. The van der Waals surface area contributed by atoms with Gasteiger partial charge in [0, 0.05) is 41.1 Å². The third-order valence-corrected chi connectivity index (χ3v) is 7.37. The SMILES string of the molecule is CCC(=O)Nc1ccc(N2C(=S)NC(c3ccccn3)C2c2cc(C)n(-c3ccc(F)cc3)c2C)cc1C. The standard InChI is InChI=1S/C30H30FN5OS/c1-5-27(37)33-25-14-13-23(16-18(25)2)36-29(28(34-30(36)38)26-8-6-7-15-32-26)24-17-19(3)35(20(24)4)22-11-9-21(31)10-12-22/h6-17,28-29H,5H2,1-4H3,(H,33,37)(H,34,38). The molecule has 2 atom stereocenters. The van der Waals surface area contributed by atoms with Gasteiger partial charge in [-0.3, -0.25) is 9.78 Å². The number of amides is 1. The summed E-state index contributed by atoms with van der Waals surface area (Å²) >= 11 is 5.90. The molecule has 1 saturated heterocycles. The number of carbonyl (C=O) groups is 1. The molecule has 8 heteroatoms. The number of thiocarbonyl (C=S) groups is 1. The number of pyridine rings is 1. The van der Waals surface area contributed by atoms with Crippen molar-refractivity contribution in [2.75, 3.05) is 10.2 Å². The lowest BCUT2D eigenvalue weighted by atomic mass is 9.96. The van der Waals surface area contributed by atoms with Crippen LogP contribution in [-0.4, -0.2) is 20.6 Å². The largest absolute Gasteiger partial charge is 0.351 e. The van der Waals surface area contributed by atoms with Crippen molar-refractivity contribution in [2.45, 2.75) is 46.2 Å². The maximum atomic E-state index is 13.7. The Kier molecular flexibility index (Phi) is 6.99. The number of nitrogens with zero attached hydrogens (tertiary/aromatic N) is 3. The second kappa shape index (κ2) is 10.4. The van der Waals surface area contributed by atoms with Crippen LogP contribution in [-0.2, 0) is 4.79 Å². The quantitative estimate of drug-likeness (QED) is 0.282. The molecule has 1 aliphatic rings. The van der Waals surface area contributed by atoms with Gasteiger partial charge in [-0.05, 0) is 105 Å². The number of aromatic nitrogens is 2. The number of benzene rings is 2.